The Balaban J connectivity index is 1.49. The van der Waals surface area contributed by atoms with Crippen LogP contribution in [0.5, 0.6) is 5.75 Å². The lowest BCUT2D eigenvalue weighted by Gasteiger charge is -2.31. The van der Waals surface area contributed by atoms with Gasteiger partial charge in [-0.3, -0.25) is 9.59 Å². The van der Waals surface area contributed by atoms with Gasteiger partial charge in [0.15, 0.2) is 0 Å². The summed E-state index contributed by atoms with van der Waals surface area (Å²) in [5, 5.41) is 3.04. The van der Waals surface area contributed by atoms with Crippen LogP contribution in [-0.2, 0) is 11.2 Å². The first-order valence-corrected chi connectivity index (χ1v) is 9.93. The molecule has 0 radical (unpaired) electrons. The van der Waals surface area contributed by atoms with Crippen LogP contribution in [-0.4, -0.2) is 43.0 Å². The lowest BCUT2D eigenvalue weighted by Crippen LogP contribution is -2.40. The third kappa shape index (κ3) is 5.59. The van der Waals surface area contributed by atoms with Gasteiger partial charge in [-0.2, -0.15) is 0 Å². The van der Waals surface area contributed by atoms with E-state index in [-0.39, 0.29) is 11.8 Å². The highest BCUT2D eigenvalue weighted by Crippen LogP contribution is 2.20. The van der Waals surface area contributed by atoms with Crippen LogP contribution in [0.3, 0.4) is 0 Å². The van der Waals surface area contributed by atoms with Gasteiger partial charge in [-0.25, -0.2) is 0 Å². The highest BCUT2D eigenvalue weighted by molar-refractivity contribution is 5.96. The summed E-state index contributed by atoms with van der Waals surface area (Å²) in [5.74, 6) is 1.04. The summed E-state index contributed by atoms with van der Waals surface area (Å²) in [7, 11) is 0. The summed E-state index contributed by atoms with van der Waals surface area (Å²) in [6.07, 6.45) is 2.65. The molecule has 2 amide bonds. The van der Waals surface area contributed by atoms with E-state index in [0.717, 1.165) is 32.4 Å². The van der Waals surface area contributed by atoms with Gasteiger partial charge in [0.25, 0.3) is 5.91 Å². The fourth-order valence-corrected chi connectivity index (χ4v) is 3.49. The van der Waals surface area contributed by atoms with Crippen LogP contribution >= 0.6 is 0 Å². The van der Waals surface area contributed by atoms with E-state index >= 15 is 0 Å². The van der Waals surface area contributed by atoms with E-state index in [9.17, 15) is 9.59 Å². The van der Waals surface area contributed by atoms with Crippen molar-refractivity contribution in [3.63, 3.8) is 0 Å². The van der Waals surface area contributed by atoms with E-state index in [4.69, 9.17) is 4.74 Å². The smallest absolute Gasteiger partial charge is 0.255 e. The Bertz CT molecular complexity index is 783. The molecule has 1 fully saturated rings. The molecule has 1 aliphatic rings. The Hall–Kier alpha value is -2.82. The fraction of sp³-hybridized carbons (Fsp3) is 0.391. The Morgan fingerprint density at radius 1 is 1.04 bits per heavy atom. The molecule has 5 nitrogen and oxygen atoms in total. The molecule has 0 atom stereocenters. The number of hydrogen-bond acceptors (Lipinski definition) is 3. The molecule has 148 valence electrons. The molecule has 0 bridgehead atoms. The SMILES string of the molecule is CC(=O)N1CCC(CNC(=O)c2ccccc2OCCc2ccccc2)CC1. The molecule has 0 aliphatic carbocycles. The first-order chi connectivity index (χ1) is 13.6. The topological polar surface area (TPSA) is 58.6 Å². The molecular formula is C23H28N2O3. The maximum Gasteiger partial charge on any atom is 0.255 e. The quantitative estimate of drug-likeness (QED) is 0.802. The van der Waals surface area contributed by atoms with Gasteiger partial charge in [0, 0.05) is 33.0 Å². The van der Waals surface area contributed by atoms with Crippen molar-refractivity contribution in [2.24, 2.45) is 5.92 Å². The van der Waals surface area contributed by atoms with Gasteiger partial charge in [0.1, 0.15) is 5.75 Å². The van der Waals surface area contributed by atoms with Crippen LogP contribution in [0.25, 0.3) is 0 Å². The monoisotopic (exact) mass is 380 g/mol. The molecule has 2 aromatic carbocycles. The molecule has 2 aromatic rings. The first-order valence-electron chi connectivity index (χ1n) is 9.93. The number of likely N-dealkylation sites (tertiary alicyclic amines) is 1. The molecule has 3 rings (SSSR count). The normalized spacial score (nSPS) is 14.5. The lowest BCUT2D eigenvalue weighted by molar-refractivity contribution is -0.130. The number of ether oxygens (including phenoxy) is 1. The van der Waals surface area contributed by atoms with Crippen molar-refractivity contribution in [1.82, 2.24) is 10.2 Å². The zero-order chi connectivity index (χ0) is 19.8. The third-order valence-electron chi connectivity index (χ3n) is 5.23. The summed E-state index contributed by atoms with van der Waals surface area (Å²) in [4.78, 5) is 25.9. The fourth-order valence-electron chi connectivity index (χ4n) is 3.49. The summed E-state index contributed by atoms with van der Waals surface area (Å²) in [5.41, 5.74) is 1.78. The Kier molecular flexibility index (Phi) is 7.06. The molecule has 1 N–H and O–H groups in total. The van der Waals surface area contributed by atoms with Gasteiger partial charge in [-0.15, -0.1) is 0 Å². The van der Waals surface area contributed by atoms with Crippen molar-refractivity contribution in [2.45, 2.75) is 26.2 Å². The second kappa shape index (κ2) is 9.93. The highest BCUT2D eigenvalue weighted by atomic mass is 16.5. The maximum absolute atomic E-state index is 12.7. The molecule has 0 unspecified atom stereocenters. The van der Waals surface area contributed by atoms with Crippen LogP contribution in [0.1, 0.15) is 35.7 Å². The van der Waals surface area contributed by atoms with Crippen molar-refractivity contribution in [3.05, 3.63) is 65.7 Å². The summed E-state index contributed by atoms with van der Waals surface area (Å²) >= 11 is 0. The number of nitrogens with one attached hydrogen (secondary N) is 1. The van der Waals surface area contributed by atoms with Crippen molar-refractivity contribution >= 4 is 11.8 Å². The molecule has 1 aliphatic heterocycles. The zero-order valence-electron chi connectivity index (χ0n) is 16.4. The Labute approximate surface area is 166 Å². The van der Waals surface area contributed by atoms with Gasteiger partial charge >= 0.3 is 0 Å². The number of amides is 2. The molecule has 1 saturated heterocycles. The molecule has 0 saturated carbocycles. The summed E-state index contributed by atoms with van der Waals surface area (Å²) < 4.78 is 5.89. The van der Waals surface area contributed by atoms with Crippen LogP contribution in [0, 0.1) is 5.92 Å². The Morgan fingerprint density at radius 2 is 1.71 bits per heavy atom. The number of carbonyl (C=O) groups is 2. The predicted octanol–water partition coefficient (Wildman–Crippen LogP) is 3.30. The number of carbonyl (C=O) groups excluding carboxylic acids is 2. The minimum absolute atomic E-state index is 0.107. The van der Waals surface area contributed by atoms with E-state index in [2.05, 4.69) is 17.4 Å². The molecule has 0 aromatic heterocycles. The number of rotatable bonds is 7. The van der Waals surface area contributed by atoms with Gasteiger partial charge in [-0.05, 0) is 36.5 Å². The van der Waals surface area contributed by atoms with E-state index < -0.39 is 0 Å². The lowest BCUT2D eigenvalue weighted by atomic mass is 9.96. The minimum Gasteiger partial charge on any atom is -0.492 e. The van der Waals surface area contributed by atoms with Crippen LogP contribution in [0.2, 0.25) is 0 Å². The molecular weight excluding hydrogens is 352 g/mol. The second-order valence-electron chi connectivity index (χ2n) is 7.24. The van der Waals surface area contributed by atoms with Gasteiger partial charge in [0.05, 0.1) is 12.2 Å². The van der Waals surface area contributed by atoms with Crippen molar-refractivity contribution in [1.29, 1.82) is 0 Å². The second-order valence-corrected chi connectivity index (χ2v) is 7.24. The molecule has 5 heteroatoms. The third-order valence-corrected chi connectivity index (χ3v) is 5.23. The van der Waals surface area contributed by atoms with Crippen LogP contribution < -0.4 is 10.1 Å². The largest absolute Gasteiger partial charge is 0.492 e. The first kappa shape index (κ1) is 19.9. The minimum atomic E-state index is -0.107. The molecule has 28 heavy (non-hydrogen) atoms. The van der Waals surface area contributed by atoms with Crippen molar-refractivity contribution < 1.29 is 14.3 Å². The molecule has 1 heterocycles. The van der Waals surface area contributed by atoms with E-state index in [1.165, 1.54) is 5.56 Å². The predicted molar refractivity (Wildman–Crippen MR) is 109 cm³/mol. The van der Waals surface area contributed by atoms with Gasteiger partial charge < -0.3 is 15.0 Å². The average Bonchev–Trinajstić information content (AvgIpc) is 2.73. The number of hydrogen-bond donors (Lipinski definition) is 1. The summed E-state index contributed by atoms with van der Waals surface area (Å²) in [6, 6.07) is 17.5. The van der Waals surface area contributed by atoms with Crippen molar-refractivity contribution in [2.75, 3.05) is 26.2 Å². The number of benzene rings is 2. The van der Waals surface area contributed by atoms with Gasteiger partial charge in [-0.1, -0.05) is 42.5 Å². The standard InChI is InChI=1S/C23H28N2O3/c1-18(26)25-14-11-20(12-15-25)17-24-23(27)21-9-5-6-10-22(21)28-16-13-19-7-3-2-4-8-19/h2-10,20H,11-17H2,1H3,(H,24,27). The zero-order valence-corrected chi connectivity index (χ0v) is 16.4. The Morgan fingerprint density at radius 3 is 2.43 bits per heavy atom. The maximum atomic E-state index is 12.7. The van der Waals surface area contributed by atoms with Gasteiger partial charge in [0.2, 0.25) is 5.91 Å². The number of para-hydroxylation sites is 1. The number of nitrogens with zero attached hydrogens (tertiary/aromatic N) is 1. The van der Waals surface area contributed by atoms with Crippen molar-refractivity contribution in [3.8, 4) is 5.75 Å². The van der Waals surface area contributed by atoms with E-state index in [1.807, 2.05) is 41.3 Å². The van der Waals surface area contributed by atoms with E-state index in [1.54, 1.807) is 13.0 Å². The summed E-state index contributed by atoms with van der Waals surface area (Å²) in [6.45, 7) is 4.31. The van der Waals surface area contributed by atoms with Crippen LogP contribution in [0.4, 0.5) is 0 Å². The van der Waals surface area contributed by atoms with Crippen LogP contribution in [0.15, 0.2) is 54.6 Å². The van der Waals surface area contributed by atoms with E-state index in [0.29, 0.717) is 30.4 Å². The highest BCUT2D eigenvalue weighted by Gasteiger charge is 2.21. The number of piperidine rings is 1. The molecule has 0 spiro atoms. The average molecular weight is 380 g/mol.